The van der Waals surface area contributed by atoms with Crippen molar-refractivity contribution in [3.63, 3.8) is 0 Å². The van der Waals surface area contributed by atoms with Gasteiger partial charge in [-0.3, -0.25) is 9.59 Å². The number of anilines is 1. The third-order valence-corrected chi connectivity index (χ3v) is 5.69. The number of carbonyl (C=O) groups is 2. The number of hydrogen-bond acceptors (Lipinski definition) is 4. The van der Waals surface area contributed by atoms with Crippen molar-refractivity contribution in [1.29, 1.82) is 0 Å². The second-order valence-corrected chi connectivity index (χ2v) is 8.64. The van der Waals surface area contributed by atoms with Crippen LogP contribution < -0.4 is 9.64 Å². The number of nitrogens with zero attached hydrogens (tertiary/aromatic N) is 1. The second-order valence-electron chi connectivity index (χ2n) is 8.23. The number of Topliss-reactive ketones (excluding diaryl/α,β-unsaturated/α-hetero) is 1. The Morgan fingerprint density at radius 2 is 2.00 bits per heavy atom. The second kappa shape index (κ2) is 8.78. The number of halogens is 1. The van der Waals surface area contributed by atoms with E-state index in [1.165, 1.54) is 11.8 Å². The Morgan fingerprint density at radius 3 is 2.67 bits per heavy atom. The number of ketones is 1. The fourth-order valence-corrected chi connectivity index (χ4v) is 4.23. The summed E-state index contributed by atoms with van der Waals surface area (Å²) >= 11 is 6.35. The number of benzene rings is 2. The summed E-state index contributed by atoms with van der Waals surface area (Å²) in [5, 5.41) is 11.4. The molecule has 2 aromatic rings. The van der Waals surface area contributed by atoms with Crippen LogP contribution in [0, 0.1) is 6.92 Å². The lowest BCUT2D eigenvalue weighted by atomic mass is 9.90. The van der Waals surface area contributed by atoms with Gasteiger partial charge in [-0.25, -0.2) is 0 Å². The van der Waals surface area contributed by atoms with E-state index in [0.717, 1.165) is 16.9 Å². The minimum absolute atomic E-state index is 0.261. The van der Waals surface area contributed by atoms with Crippen LogP contribution in [0.4, 0.5) is 5.69 Å². The minimum Gasteiger partial charge on any atom is -0.493 e. The van der Waals surface area contributed by atoms with Crippen LogP contribution in [0.2, 0.25) is 5.02 Å². The summed E-state index contributed by atoms with van der Waals surface area (Å²) in [4.78, 5) is 26.2. The molecular formula is C24H28ClNO4. The molecule has 0 radical (unpaired) electrons. The van der Waals surface area contributed by atoms with Crippen LogP contribution in [-0.2, 0) is 15.2 Å². The minimum atomic E-state index is -1.87. The first-order valence-corrected chi connectivity index (χ1v) is 10.6. The van der Waals surface area contributed by atoms with Crippen molar-refractivity contribution in [1.82, 2.24) is 0 Å². The Bertz CT molecular complexity index is 972. The standard InChI is InChI=1S/C24H28ClNO4/c1-15(2)18-10-9-16(3)13-21(18)30-12-6-11-26-22-19(7-5-8-20(22)25)24(29,23(26)28)14-17(4)27/h5,7-10,13,15,29H,6,11-12,14H2,1-4H3. The fourth-order valence-electron chi connectivity index (χ4n) is 3.96. The van der Waals surface area contributed by atoms with Gasteiger partial charge in [-0.2, -0.15) is 0 Å². The molecule has 0 bridgehead atoms. The Kier molecular flexibility index (Phi) is 6.53. The fraction of sp³-hybridized carbons (Fsp3) is 0.417. The van der Waals surface area contributed by atoms with Gasteiger partial charge in [0, 0.05) is 18.5 Å². The largest absolute Gasteiger partial charge is 0.493 e. The molecule has 1 unspecified atom stereocenters. The maximum atomic E-state index is 13.0. The SMILES string of the molecule is CC(=O)CC1(O)C(=O)N(CCCOc2cc(C)ccc2C(C)C)c2c(Cl)cccc21. The molecule has 0 fully saturated rings. The van der Waals surface area contributed by atoms with Gasteiger partial charge in [-0.15, -0.1) is 0 Å². The molecule has 1 atom stereocenters. The number of aryl methyl sites for hydroxylation is 1. The summed E-state index contributed by atoms with van der Waals surface area (Å²) < 4.78 is 6.02. The molecule has 1 heterocycles. The molecule has 30 heavy (non-hydrogen) atoms. The van der Waals surface area contributed by atoms with Crippen LogP contribution in [0.5, 0.6) is 5.75 Å². The van der Waals surface area contributed by atoms with E-state index in [-0.39, 0.29) is 12.2 Å². The molecule has 2 aromatic carbocycles. The molecule has 160 valence electrons. The lowest BCUT2D eigenvalue weighted by Crippen LogP contribution is -2.42. The van der Waals surface area contributed by atoms with Crippen molar-refractivity contribution in [2.75, 3.05) is 18.1 Å². The lowest BCUT2D eigenvalue weighted by Gasteiger charge is -2.22. The number of para-hydroxylation sites is 1. The Hall–Kier alpha value is -2.37. The molecule has 0 aliphatic carbocycles. The van der Waals surface area contributed by atoms with E-state index >= 15 is 0 Å². The first kappa shape index (κ1) is 22.3. The van der Waals surface area contributed by atoms with Gasteiger partial charge in [0.05, 0.1) is 17.3 Å². The van der Waals surface area contributed by atoms with Crippen LogP contribution in [0.3, 0.4) is 0 Å². The van der Waals surface area contributed by atoms with E-state index in [9.17, 15) is 14.7 Å². The van der Waals surface area contributed by atoms with Gasteiger partial charge >= 0.3 is 0 Å². The zero-order chi connectivity index (χ0) is 22.1. The average Bonchev–Trinajstić information content (AvgIpc) is 2.87. The third kappa shape index (κ3) is 4.23. The molecule has 0 spiro atoms. The molecule has 6 heteroatoms. The molecule has 1 N–H and O–H groups in total. The van der Waals surface area contributed by atoms with Crippen LogP contribution >= 0.6 is 11.6 Å². The Balaban J connectivity index is 1.75. The number of ether oxygens (including phenoxy) is 1. The van der Waals surface area contributed by atoms with Gasteiger partial charge in [0.15, 0.2) is 5.60 Å². The average molecular weight is 430 g/mol. The topological polar surface area (TPSA) is 66.8 Å². The molecule has 3 rings (SSSR count). The Morgan fingerprint density at radius 1 is 1.27 bits per heavy atom. The maximum Gasteiger partial charge on any atom is 0.264 e. The third-order valence-electron chi connectivity index (χ3n) is 5.38. The van der Waals surface area contributed by atoms with E-state index in [1.807, 2.05) is 13.0 Å². The summed E-state index contributed by atoms with van der Waals surface area (Å²) in [5.74, 6) is 0.416. The molecule has 0 aromatic heterocycles. The maximum absolute atomic E-state index is 13.0. The summed E-state index contributed by atoms with van der Waals surface area (Å²) in [6.07, 6.45) is 0.283. The molecule has 0 saturated carbocycles. The highest BCUT2D eigenvalue weighted by atomic mass is 35.5. The quantitative estimate of drug-likeness (QED) is 0.614. The highest BCUT2D eigenvalue weighted by Gasteiger charge is 2.50. The van der Waals surface area contributed by atoms with E-state index in [1.54, 1.807) is 18.2 Å². The smallest absolute Gasteiger partial charge is 0.264 e. The molecule has 1 amide bonds. The van der Waals surface area contributed by atoms with E-state index < -0.39 is 11.5 Å². The highest BCUT2D eigenvalue weighted by molar-refractivity contribution is 6.35. The molecule has 1 aliphatic heterocycles. The normalized spacial score (nSPS) is 18.1. The van der Waals surface area contributed by atoms with Gasteiger partial charge in [-0.05, 0) is 49.4 Å². The number of aliphatic hydroxyl groups is 1. The van der Waals surface area contributed by atoms with Gasteiger partial charge < -0.3 is 14.7 Å². The van der Waals surface area contributed by atoms with E-state index in [2.05, 4.69) is 26.0 Å². The first-order chi connectivity index (χ1) is 14.1. The van der Waals surface area contributed by atoms with Gasteiger partial charge in [0.1, 0.15) is 11.5 Å². The van der Waals surface area contributed by atoms with Crippen molar-refractivity contribution in [3.8, 4) is 5.75 Å². The van der Waals surface area contributed by atoms with E-state index in [4.69, 9.17) is 16.3 Å². The molecular weight excluding hydrogens is 402 g/mol. The monoisotopic (exact) mass is 429 g/mol. The summed E-state index contributed by atoms with van der Waals surface area (Å²) in [7, 11) is 0. The van der Waals surface area contributed by atoms with Crippen molar-refractivity contribution in [2.45, 2.75) is 52.1 Å². The Labute approximate surface area is 182 Å². The van der Waals surface area contributed by atoms with Crippen LogP contribution in [0.15, 0.2) is 36.4 Å². The lowest BCUT2D eigenvalue weighted by molar-refractivity contribution is -0.141. The first-order valence-electron chi connectivity index (χ1n) is 10.2. The predicted molar refractivity (Wildman–Crippen MR) is 118 cm³/mol. The number of fused-ring (bicyclic) bond motifs is 1. The highest BCUT2D eigenvalue weighted by Crippen LogP contribution is 2.46. The van der Waals surface area contributed by atoms with Crippen molar-refractivity contribution >= 4 is 29.0 Å². The van der Waals surface area contributed by atoms with Crippen LogP contribution in [0.1, 0.15) is 56.2 Å². The number of carbonyl (C=O) groups excluding carboxylic acids is 2. The molecule has 1 aliphatic rings. The van der Waals surface area contributed by atoms with Crippen LogP contribution in [-0.4, -0.2) is 29.9 Å². The number of rotatable bonds is 8. The van der Waals surface area contributed by atoms with Gasteiger partial charge in [0.2, 0.25) is 0 Å². The number of hydrogen-bond donors (Lipinski definition) is 1. The van der Waals surface area contributed by atoms with Crippen molar-refractivity contribution in [3.05, 3.63) is 58.1 Å². The zero-order valence-corrected chi connectivity index (χ0v) is 18.6. The van der Waals surface area contributed by atoms with Crippen molar-refractivity contribution < 1.29 is 19.4 Å². The molecule has 5 nitrogen and oxygen atoms in total. The predicted octanol–water partition coefficient (Wildman–Crippen LogP) is 4.75. The zero-order valence-electron chi connectivity index (χ0n) is 17.9. The summed E-state index contributed by atoms with van der Waals surface area (Å²) in [6.45, 7) is 8.37. The molecule has 0 saturated heterocycles. The number of amides is 1. The summed E-state index contributed by atoms with van der Waals surface area (Å²) in [6, 6.07) is 11.2. The van der Waals surface area contributed by atoms with Gasteiger partial charge in [-0.1, -0.05) is 49.7 Å². The van der Waals surface area contributed by atoms with Gasteiger partial charge in [0.25, 0.3) is 5.91 Å². The van der Waals surface area contributed by atoms with E-state index in [0.29, 0.717) is 41.8 Å². The van der Waals surface area contributed by atoms with Crippen molar-refractivity contribution in [2.24, 2.45) is 0 Å². The summed E-state index contributed by atoms with van der Waals surface area (Å²) in [5.41, 5.74) is 1.26. The van der Waals surface area contributed by atoms with Crippen LogP contribution in [0.25, 0.3) is 0 Å².